The fraction of sp³-hybridized carbons (Fsp3) is 0. The highest BCUT2D eigenvalue weighted by atomic mass is 79.9. The largest absolute Gasteiger partial charge is 0.249 e. The van der Waals surface area contributed by atoms with E-state index in [0.717, 1.165) is 20.2 Å². The van der Waals surface area contributed by atoms with Gasteiger partial charge in [-0.25, -0.2) is 4.98 Å². The lowest BCUT2D eigenvalue weighted by molar-refractivity contribution is 1.28. The van der Waals surface area contributed by atoms with Crippen LogP contribution >= 0.6 is 31.9 Å². The van der Waals surface area contributed by atoms with Gasteiger partial charge in [0.15, 0.2) is 0 Å². The molecule has 0 spiro atoms. The van der Waals surface area contributed by atoms with E-state index in [4.69, 9.17) is 5.26 Å². The number of hydrogen-bond acceptors (Lipinski definition) is 2. The highest BCUT2D eigenvalue weighted by molar-refractivity contribution is 9.10. The van der Waals surface area contributed by atoms with Crippen molar-refractivity contribution in [2.24, 2.45) is 0 Å². The summed E-state index contributed by atoms with van der Waals surface area (Å²) in [4.78, 5) is 4.16. The molecule has 1 aromatic heterocycles. The second-order valence-corrected chi connectivity index (χ2v) is 4.84. The van der Waals surface area contributed by atoms with Crippen LogP contribution in [0.25, 0.3) is 11.1 Å². The molecular weight excluding hydrogens is 332 g/mol. The van der Waals surface area contributed by atoms with Gasteiger partial charge in [-0.15, -0.1) is 0 Å². The van der Waals surface area contributed by atoms with Gasteiger partial charge in [-0.05, 0) is 55.6 Å². The number of nitrogens with zero attached hydrogens (tertiary/aromatic N) is 2. The first-order chi connectivity index (χ1) is 7.70. The van der Waals surface area contributed by atoms with Crippen LogP contribution < -0.4 is 0 Å². The van der Waals surface area contributed by atoms with Crippen LogP contribution in [-0.4, -0.2) is 4.98 Å². The maximum absolute atomic E-state index is 8.93. The molecule has 0 aliphatic carbocycles. The van der Waals surface area contributed by atoms with Crippen LogP contribution in [0.3, 0.4) is 0 Å². The highest BCUT2D eigenvalue weighted by Gasteiger charge is 2.03. The third-order valence-corrected chi connectivity index (χ3v) is 3.31. The van der Waals surface area contributed by atoms with Gasteiger partial charge in [-0.3, -0.25) is 0 Å². The standard InChI is InChI=1S/C12H6Br2N2/c13-11-3-1-8(5-10(11)6-15)9-2-4-12(14)16-7-9/h1-5,7H. The van der Waals surface area contributed by atoms with Crippen molar-refractivity contribution in [1.82, 2.24) is 4.98 Å². The fourth-order valence-corrected chi connectivity index (χ4v) is 1.91. The van der Waals surface area contributed by atoms with E-state index in [-0.39, 0.29) is 0 Å². The summed E-state index contributed by atoms with van der Waals surface area (Å²) in [6.45, 7) is 0. The van der Waals surface area contributed by atoms with Gasteiger partial charge >= 0.3 is 0 Å². The molecular formula is C12H6Br2N2. The Morgan fingerprint density at radius 3 is 2.44 bits per heavy atom. The van der Waals surface area contributed by atoms with E-state index in [9.17, 15) is 0 Å². The molecule has 2 aromatic rings. The summed E-state index contributed by atoms with van der Waals surface area (Å²) in [6, 6.07) is 11.6. The van der Waals surface area contributed by atoms with Crippen molar-refractivity contribution in [3.8, 4) is 17.2 Å². The molecule has 0 unspecified atom stereocenters. The molecule has 0 N–H and O–H groups in total. The van der Waals surface area contributed by atoms with E-state index < -0.39 is 0 Å². The molecule has 0 saturated heterocycles. The molecule has 2 nitrogen and oxygen atoms in total. The zero-order valence-electron chi connectivity index (χ0n) is 8.11. The first-order valence-corrected chi connectivity index (χ1v) is 6.11. The van der Waals surface area contributed by atoms with E-state index in [1.165, 1.54) is 0 Å². The van der Waals surface area contributed by atoms with Crippen molar-refractivity contribution < 1.29 is 0 Å². The van der Waals surface area contributed by atoms with Crippen LogP contribution in [0.5, 0.6) is 0 Å². The number of nitriles is 1. The predicted molar refractivity (Wildman–Crippen MR) is 69.8 cm³/mol. The first kappa shape index (κ1) is 11.3. The molecule has 0 aliphatic heterocycles. The van der Waals surface area contributed by atoms with Crippen molar-refractivity contribution >= 4 is 31.9 Å². The van der Waals surface area contributed by atoms with E-state index in [1.807, 2.05) is 30.3 Å². The monoisotopic (exact) mass is 336 g/mol. The van der Waals surface area contributed by atoms with Crippen molar-refractivity contribution in [2.75, 3.05) is 0 Å². The van der Waals surface area contributed by atoms with Gasteiger partial charge in [0.05, 0.1) is 5.56 Å². The van der Waals surface area contributed by atoms with E-state index in [1.54, 1.807) is 6.20 Å². The Labute approximate surface area is 110 Å². The lowest BCUT2D eigenvalue weighted by Crippen LogP contribution is -1.83. The molecule has 16 heavy (non-hydrogen) atoms. The van der Waals surface area contributed by atoms with Gasteiger partial charge in [-0.1, -0.05) is 12.1 Å². The molecule has 0 fully saturated rings. The smallest absolute Gasteiger partial charge is 0.106 e. The summed E-state index contributed by atoms with van der Waals surface area (Å²) in [5.41, 5.74) is 2.60. The minimum absolute atomic E-state index is 0.625. The van der Waals surface area contributed by atoms with Crippen molar-refractivity contribution in [3.05, 3.63) is 51.2 Å². The number of rotatable bonds is 1. The summed E-state index contributed by atoms with van der Waals surface area (Å²) in [5, 5.41) is 8.93. The minimum Gasteiger partial charge on any atom is -0.249 e. The molecule has 0 aliphatic rings. The Bertz CT molecular complexity index is 556. The van der Waals surface area contributed by atoms with Crippen LogP contribution in [0.4, 0.5) is 0 Å². The van der Waals surface area contributed by atoms with Gasteiger partial charge in [0.1, 0.15) is 10.7 Å². The maximum atomic E-state index is 8.93. The molecule has 78 valence electrons. The average molecular weight is 338 g/mol. The lowest BCUT2D eigenvalue weighted by atomic mass is 10.1. The highest BCUT2D eigenvalue weighted by Crippen LogP contribution is 2.25. The van der Waals surface area contributed by atoms with Crippen molar-refractivity contribution in [3.63, 3.8) is 0 Å². The zero-order valence-corrected chi connectivity index (χ0v) is 11.3. The molecule has 1 heterocycles. The summed E-state index contributed by atoms with van der Waals surface area (Å²) < 4.78 is 1.61. The third-order valence-electron chi connectivity index (χ3n) is 2.15. The Morgan fingerprint density at radius 2 is 1.81 bits per heavy atom. The molecule has 4 heteroatoms. The van der Waals surface area contributed by atoms with Gasteiger partial charge in [0.2, 0.25) is 0 Å². The Balaban J connectivity index is 2.49. The lowest BCUT2D eigenvalue weighted by Gasteiger charge is -2.03. The summed E-state index contributed by atoms with van der Waals surface area (Å²) in [5.74, 6) is 0. The Hall–Kier alpha value is -1.18. The topological polar surface area (TPSA) is 36.7 Å². The molecule has 2 rings (SSSR count). The van der Waals surface area contributed by atoms with E-state index in [2.05, 4.69) is 42.9 Å². The summed E-state index contributed by atoms with van der Waals surface area (Å²) in [6.07, 6.45) is 1.77. The fourth-order valence-electron chi connectivity index (χ4n) is 1.34. The number of halogens is 2. The van der Waals surface area contributed by atoms with Crippen molar-refractivity contribution in [2.45, 2.75) is 0 Å². The van der Waals surface area contributed by atoms with Crippen molar-refractivity contribution in [1.29, 1.82) is 5.26 Å². The number of benzene rings is 1. The second kappa shape index (κ2) is 4.77. The first-order valence-electron chi connectivity index (χ1n) is 4.52. The predicted octanol–water partition coefficient (Wildman–Crippen LogP) is 4.15. The molecule has 1 aromatic carbocycles. The minimum atomic E-state index is 0.625. The van der Waals surface area contributed by atoms with Crippen LogP contribution in [0.1, 0.15) is 5.56 Å². The number of pyridine rings is 1. The molecule has 0 atom stereocenters. The van der Waals surface area contributed by atoms with Crippen LogP contribution in [0, 0.1) is 11.3 Å². The molecule has 0 saturated carbocycles. The third kappa shape index (κ3) is 2.31. The normalized spacial score (nSPS) is 9.81. The van der Waals surface area contributed by atoms with Crippen LogP contribution in [0.15, 0.2) is 45.6 Å². The van der Waals surface area contributed by atoms with Crippen LogP contribution in [0.2, 0.25) is 0 Å². The Morgan fingerprint density at radius 1 is 1.06 bits per heavy atom. The van der Waals surface area contributed by atoms with Crippen LogP contribution in [-0.2, 0) is 0 Å². The molecule has 0 bridgehead atoms. The number of hydrogen-bond donors (Lipinski definition) is 0. The van der Waals surface area contributed by atoms with Gasteiger partial charge in [-0.2, -0.15) is 5.26 Å². The molecule has 0 amide bonds. The Kier molecular flexibility index (Phi) is 3.37. The van der Waals surface area contributed by atoms with Gasteiger partial charge in [0, 0.05) is 16.2 Å². The summed E-state index contributed by atoms with van der Waals surface area (Å²) >= 11 is 6.62. The second-order valence-electron chi connectivity index (χ2n) is 3.18. The molecule has 0 radical (unpaired) electrons. The SMILES string of the molecule is N#Cc1cc(-c2ccc(Br)nc2)ccc1Br. The van der Waals surface area contributed by atoms with E-state index in [0.29, 0.717) is 5.56 Å². The van der Waals surface area contributed by atoms with E-state index >= 15 is 0 Å². The quantitative estimate of drug-likeness (QED) is 0.733. The number of aromatic nitrogens is 1. The average Bonchev–Trinajstić information content (AvgIpc) is 2.31. The van der Waals surface area contributed by atoms with Gasteiger partial charge < -0.3 is 0 Å². The zero-order chi connectivity index (χ0) is 11.5. The van der Waals surface area contributed by atoms with Gasteiger partial charge in [0.25, 0.3) is 0 Å². The maximum Gasteiger partial charge on any atom is 0.106 e. The summed E-state index contributed by atoms with van der Waals surface area (Å²) in [7, 11) is 0.